The highest BCUT2D eigenvalue weighted by molar-refractivity contribution is 7.15. The van der Waals surface area contributed by atoms with Crippen LogP contribution in [0.3, 0.4) is 0 Å². The minimum Gasteiger partial charge on any atom is -0.309 e. The molecule has 0 fully saturated rings. The number of aromatic nitrogens is 1. The zero-order valence-corrected chi connectivity index (χ0v) is 14.0. The minimum absolute atomic E-state index is 0.518. The average Bonchev–Trinajstić information content (AvgIpc) is 2.89. The molecule has 0 amide bonds. The molecule has 1 atom stereocenters. The third-order valence-electron chi connectivity index (χ3n) is 4.29. The maximum Gasteiger partial charge on any atom is 0.124 e. The summed E-state index contributed by atoms with van der Waals surface area (Å²) < 4.78 is 0. The fourth-order valence-corrected chi connectivity index (χ4v) is 4.59. The average molecular weight is 300 g/mol. The molecule has 112 valence electrons. The van der Waals surface area contributed by atoms with Crippen molar-refractivity contribution in [2.24, 2.45) is 0 Å². The number of hydrogen-bond donors (Lipinski definition) is 1. The van der Waals surface area contributed by atoms with E-state index in [1.807, 2.05) is 11.3 Å². The fourth-order valence-electron chi connectivity index (χ4n) is 3.19. The molecule has 0 saturated carbocycles. The molecule has 0 spiro atoms. The number of nitrogens with zero attached hydrogens (tertiary/aromatic N) is 1. The van der Waals surface area contributed by atoms with Gasteiger partial charge in [-0.15, -0.1) is 11.3 Å². The van der Waals surface area contributed by atoms with Crippen LogP contribution in [0.4, 0.5) is 0 Å². The van der Waals surface area contributed by atoms with Gasteiger partial charge in [0, 0.05) is 16.5 Å². The molecule has 2 aromatic rings. The molecule has 0 radical (unpaired) electrons. The van der Waals surface area contributed by atoms with Crippen LogP contribution in [0.5, 0.6) is 0 Å². The Balaban J connectivity index is 1.98. The van der Waals surface area contributed by atoms with Crippen LogP contribution in [-0.4, -0.2) is 11.5 Å². The van der Waals surface area contributed by atoms with Crippen LogP contribution in [0.1, 0.15) is 53.9 Å². The van der Waals surface area contributed by atoms with Crippen molar-refractivity contribution in [1.82, 2.24) is 10.3 Å². The van der Waals surface area contributed by atoms with E-state index >= 15 is 0 Å². The first kappa shape index (κ1) is 14.7. The molecule has 0 aliphatic heterocycles. The zero-order valence-electron chi connectivity index (χ0n) is 13.2. The maximum atomic E-state index is 4.98. The molecule has 1 aliphatic carbocycles. The smallest absolute Gasteiger partial charge is 0.124 e. The van der Waals surface area contributed by atoms with Crippen LogP contribution in [-0.2, 0) is 6.42 Å². The van der Waals surface area contributed by atoms with Crippen LogP contribution >= 0.6 is 11.3 Å². The monoisotopic (exact) mass is 300 g/mol. The van der Waals surface area contributed by atoms with Crippen LogP contribution in [0.15, 0.2) is 18.2 Å². The summed E-state index contributed by atoms with van der Waals surface area (Å²) in [6, 6.07) is 7.03. The molecular weight excluding hydrogens is 276 g/mol. The predicted molar refractivity (Wildman–Crippen MR) is 91.0 cm³/mol. The third kappa shape index (κ3) is 2.90. The van der Waals surface area contributed by atoms with E-state index in [1.54, 1.807) is 0 Å². The summed E-state index contributed by atoms with van der Waals surface area (Å²) in [5.41, 5.74) is 5.34. The summed E-state index contributed by atoms with van der Waals surface area (Å²) in [7, 11) is 0. The third-order valence-corrected chi connectivity index (χ3v) is 5.51. The van der Waals surface area contributed by atoms with Gasteiger partial charge in [0.1, 0.15) is 5.01 Å². The van der Waals surface area contributed by atoms with E-state index in [2.05, 4.69) is 44.3 Å². The van der Waals surface area contributed by atoms with E-state index in [-0.39, 0.29) is 0 Å². The highest BCUT2D eigenvalue weighted by Crippen LogP contribution is 2.39. The Morgan fingerprint density at radius 1 is 1.29 bits per heavy atom. The Bertz CT molecular complexity index is 610. The van der Waals surface area contributed by atoms with E-state index < -0.39 is 0 Å². The summed E-state index contributed by atoms with van der Waals surface area (Å²) in [4.78, 5) is 6.46. The summed E-state index contributed by atoms with van der Waals surface area (Å²) in [6.45, 7) is 7.71. The van der Waals surface area contributed by atoms with Crippen molar-refractivity contribution in [2.75, 3.05) is 6.54 Å². The Morgan fingerprint density at radius 3 is 2.76 bits per heavy atom. The Morgan fingerprint density at radius 2 is 2.05 bits per heavy atom. The van der Waals surface area contributed by atoms with Gasteiger partial charge in [-0.25, -0.2) is 4.98 Å². The first-order valence-corrected chi connectivity index (χ1v) is 8.82. The quantitative estimate of drug-likeness (QED) is 0.877. The molecule has 1 aromatic carbocycles. The van der Waals surface area contributed by atoms with Gasteiger partial charge in [-0.05, 0) is 57.2 Å². The number of rotatable bonds is 4. The van der Waals surface area contributed by atoms with Crippen molar-refractivity contribution in [3.63, 3.8) is 0 Å². The lowest BCUT2D eigenvalue weighted by atomic mass is 9.98. The van der Waals surface area contributed by atoms with E-state index in [4.69, 9.17) is 4.98 Å². The molecule has 0 saturated heterocycles. The van der Waals surface area contributed by atoms with Crippen LogP contribution in [0, 0.1) is 13.8 Å². The second kappa shape index (κ2) is 6.29. The lowest BCUT2D eigenvalue weighted by Gasteiger charge is -2.22. The molecule has 21 heavy (non-hydrogen) atoms. The first-order valence-electron chi connectivity index (χ1n) is 8.00. The molecule has 2 nitrogen and oxygen atoms in total. The van der Waals surface area contributed by atoms with Gasteiger partial charge in [0.15, 0.2) is 0 Å². The Kier molecular flexibility index (Phi) is 4.41. The van der Waals surface area contributed by atoms with E-state index in [1.165, 1.54) is 51.5 Å². The van der Waals surface area contributed by atoms with Crippen molar-refractivity contribution in [3.05, 3.63) is 39.9 Å². The molecule has 3 rings (SSSR count). The SMILES string of the molecule is CCCNC1CCCc2nc(-c3c(C)cccc3C)sc21. The number of thiazole rings is 1. The molecule has 3 heteroatoms. The minimum atomic E-state index is 0.518. The molecule has 1 N–H and O–H groups in total. The Hall–Kier alpha value is -1.19. The largest absolute Gasteiger partial charge is 0.309 e. The topological polar surface area (TPSA) is 24.9 Å². The summed E-state index contributed by atoms with van der Waals surface area (Å²) in [5.74, 6) is 0. The summed E-state index contributed by atoms with van der Waals surface area (Å²) in [6.07, 6.45) is 4.83. The highest BCUT2D eigenvalue weighted by atomic mass is 32.1. The maximum absolute atomic E-state index is 4.98. The fraction of sp³-hybridized carbons (Fsp3) is 0.500. The standard InChI is InChI=1S/C18H24N2S/c1-4-11-19-14-9-6-10-15-17(14)21-18(20-15)16-12(2)7-5-8-13(16)3/h5,7-8,14,19H,4,6,9-11H2,1-3H3. The number of aryl methyl sites for hydroxylation is 3. The van der Waals surface area contributed by atoms with Gasteiger partial charge in [0.25, 0.3) is 0 Å². The van der Waals surface area contributed by atoms with Crippen molar-refractivity contribution in [3.8, 4) is 10.6 Å². The van der Waals surface area contributed by atoms with Crippen LogP contribution in [0.25, 0.3) is 10.6 Å². The van der Waals surface area contributed by atoms with E-state index in [0.29, 0.717) is 6.04 Å². The molecule has 1 heterocycles. The number of nitrogens with one attached hydrogen (secondary N) is 1. The molecular formula is C18H24N2S. The van der Waals surface area contributed by atoms with Crippen molar-refractivity contribution in [2.45, 2.75) is 52.5 Å². The summed E-state index contributed by atoms with van der Waals surface area (Å²) in [5, 5.41) is 4.90. The predicted octanol–water partition coefficient (Wildman–Crippen LogP) is 4.80. The van der Waals surface area contributed by atoms with Crippen molar-refractivity contribution < 1.29 is 0 Å². The molecule has 0 bridgehead atoms. The second-order valence-electron chi connectivity index (χ2n) is 6.00. The van der Waals surface area contributed by atoms with Gasteiger partial charge in [-0.1, -0.05) is 25.1 Å². The summed E-state index contributed by atoms with van der Waals surface area (Å²) >= 11 is 1.90. The van der Waals surface area contributed by atoms with Gasteiger partial charge in [0.2, 0.25) is 0 Å². The van der Waals surface area contributed by atoms with Crippen LogP contribution in [0.2, 0.25) is 0 Å². The van der Waals surface area contributed by atoms with Gasteiger partial charge in [0.05, 0.1) is 5.69 Å². The second-order valence-corrected chi connectivity index (χ2v) is 7.03. The van der Waals surface area contributed by atoms with Gasteiger partial charge in [-0.2, -0.15) is 0 Å². The van der Waals surface area contributed by atoms with Crippen molar-refractivity contribution in [1.29, 1.82) is 0 Å². The lowest BCUT2D eigenvalue weighted by Crippen LogP contribution is -2.24. The number of hydrogen-bond acceptors (Lipinski definition) is 3. The van der Waals surface area contributed by atoms with E-state index in [9.17, 15) is 0 Å². The number of benzene rings is 1. The van der Waals surface area contributed by atoms with Crippen LogP contribution < -0.4 is 5.32 Å². The molecule has 1 aliphatic rings. The van der Waals surface area contributed by atoms with Gasteiger partial charge >= 0.3 is 0 Å². The normalized spacial score (nSPS) is 17.8. The highest BCUT2D eigenvalue weighted by Gasteiger charge is 2.25. The number of fused-ring (bicyclic) bond motifs is 1. The van der Waals surface area contributed by atoms with Gasteiger partial charge < -0.3 is 5.32 Å². The first-order chi connectivity index (χ1) is 10.2. The van der Waals surface area contributed by atoms with E-state index in [0.717, 1.165) is 13.0 Å². The lowest BCUT2D eigenvalue weighted by molar-refractivity contribution is 0.465. The Labute approximate surface area is 131 Å². The zero-order chi connectivity index (χ0) is 14.8. The molecule has 1 unspecified atom stereocenters. The van der Waals surface area contributed by atoms with Crippen molar-refractivity contribution >= 4 is 11.3 Å². The molecule has 1 aromatic heterocycles. The van der Waals surface area contributed by atoms with Gasteiger partial charge in [-0.3, -0.25) is 0 Å².